The van der Waals surface area contributed by atoms with E-state index in [0.29, 0.717) is 0 Å². The fraction of sp³-hybridized carbons (Fsp3) is 0.125. The summed E-state index contributed by atoms with van der Waals surface area (Å²) in [5.41, 5.74) is -1.95. The number of allylic oxidation sites excluding steroid dienone is 1. The van der Waals surface area contributed by atoms with E-state index in [4.69, 9.17) is 5.11 Å². The second-order valence-corrected chi connectivity index (χ2v) is 2.52. The molecule has 0 aliphatic rings. The Kier molecular flexibility index (Phi) is 2.66. The molecule has 0 fully saturated rings. The van der Waals surface area contributed by atoms with Gasteiger partial charge in [-0.15, -0.1) is 6.58 Å². The number of nitrogens with zero attached hydrogens (tertiary/aromatic N) is 1. The molecular weight excluding hydrogens is 188 g/mol. The third-order valence-electron chi connectivity index (χ3n) is 1.60. The van der Waals surface area contributed by atoms with Gasteiger partial charge in [-0.05, 0) is 0 Å². The Balaban J connectivity index is 3.49. The summed E-state index contributed by atoms with van der Waals surface area (Å²) in [6, 6.07) is 0. The highest BCUT2D eigenvalue weighted by Gasteiger charge is 2.11. The molecule has 0 aliphatic carbocycles. The van der Waals surface area contributed by atoms with Crippen molar-refractivity contribution >= 4 is 5.97 Å². The maximum absolute atomic E-state index is 11.3. The highest BCUT2D eigenvalue weighted by molar-refractivity contribution is 5.86. The van der Waals surface area contributed by atoms with Gasteiger partial charge in [0.05, 0.1) is 0 Å². The lowest BCUT2D eigenvalue weighted by molar-refractivity contribution is 0.0693. The van der Waals surface area contributed by atoms with Crippen molar-refractivity contribution in [2.45, 2.75) is 6.54 Å². The first-order chi connectivity index (χ1) is 6.57. The van der Waals surface area contributed by atoms with E-state index >= 15 is 0 Å². The SMILES string of the molecule is C=CCn1c(=O)[nH]cc(C(=O)O)c1=O. The number of nitrogens with one attached hydrogen (secondary N) is 1. The largest absolute Gasteiger partial charge is 0.477 e. The molecule has 1 aromatic heterocycles. The molecule has 6 heteroatoms. The Morgan fingerprint density at radius 3 is 2.79 bits per heavy atom. The Bertz CT molecular complexity index is 483. The lowest BCUT2D eigenvalue weighted by atomic mass is 10.3. The zero-order valence-corrected chi connectivity index (χ0v) is 7.19. The topological polar surface area (TPSA) is 92.2 Å². The van der Waals surface area contributed by atoms with Crippen molar-refractivity contribution in [3.05, 3.63) is 45.3 Å². The number of hydrogen-bond donors (Lipinski definition) is 2. The molecule has 74 valence electrons. The number of H-pyrrole nitrogens is 1. The van der Waals surface area contributed by atoms with Crippen molar-refractivity contribution in [3.63, 3.8) is 0 Å². The zero-order chi connectivity index (χ0) is 10.7. The van der Waals surface area contributed by atoms with E-state index in [-0.39, 0.29) is 6.54 Å². The molecular formula is C8H8N2O4. The van der Waals surface area contributed by atoms with Gasteiger partial charge in [0.2, 0.25) is 0 Å². The Labute approximate surface area is 78.1 Å². The number of rotatable bonds is 3. The normalized spacial score (nSPS) is 9.71. The third kappa shape index (κ3) is 1.63. The molecule has 0 bridgehead atoms. The first kappa shape index (κ1) is 9.97. The van der Waals surface area contributed by atoms with Crippen LogP contribution in [0.1, 0.15) is 10.4 Å². The summed E-state index contributed by atoms with van der Waals surface area (Å²) in [7, 11) is 0. The predicted octanol–water partition coefficient (Wildman–Crippen LogP) is -0.579. The van der Waals surface area contributed by atoms with Gasteiger partial charge in [0.15, 0.2) is 0 Å². The molecule has 0 amide bonds. The van der Waals surface area contributed by atoms with Gasteiger partial charge in [-0.3, -0.25) is 9.36 Å². The highest BCUT2D eigenvalue weighted by Crippen LogP contribution is 1.85. The molecule has 0 aromatic carbocycles. The molecule has 0 atom stereocenters. The summed E-state index contributed by atoms with van der Waals surface area (Å²) in [5.74, 6) is -1.37. The van der Waals surface area contributed by atoms with Gasteiger partial charge in [-0.25, -0.2) is 9.59 Å². The van der Waals surface area contributed by atoms with Crippen LogP contribution in [0.25, 0.3) is 0 Å². The smallest absolute Gasteiger partial charge is 0.342 e. The summed E-state index contributed by atoms with van der Waals surface area (Å²) in [5, 5.41) is 8.59. The molecule has 0 radical (unpaired) electrons. The minimum absolute atomic E-state index is 0.0186. The zero-order valence-electron chi connectivity index (χ0n) is 7.19. The van der Waals surface area contributed by atoms with Crippen molar-refractivity contribution < 1.29 is 9.90 Å². The van der Waals surface area contributed by atoms with Crippen molar-refractivity contribution in [2.24, 2.45) is 0 Å². The molecule has 0 unspecified atom stereocenters. The quantitative estimate of drug-likeness (QED) is 0.632. The molecule has 1 rings (SSSR count). The lowest BCUT2D eigenvalue weighted by Gasteiger charge is -2.00. The van der Waals surface area contributed by atoms with Crippen LogP contribution in [-0.4, -0.2) is 20.6 Å². The van der Waals surface area contributed by atoms with Crippen LogP contribution in [0.3, 0.4) is 0 Å². The minimum atomic E-state index is -1.37. The molecule has 1 heterocycles. The first-order valence-corrected chi connectivity index (χ1v) is 3.74. The molecule has 0 aliphatic heterocycles. The fourth-order valence-electron chi connectivity index (χ4n) is 0.959. The van der Waals surface area contributed by atoms with Crippen LogP contribution >= 0.6 is 0 Å². The first-order valence-electron chi connectivity index (χ1n) is 3.74. The van der Waals surface area contributed by atoms with Crippen molar-refractivity contribution in [1.82, 2.24) is 9.55 Å². The summed E-state index contributed by atoms with van der Waals surface area (Å²) in [4.78, 5) is 35.1. The van der Waals surface area contributed by atoms with E-state index in [0.717, 1.165) is 10.8 Å². The number of carbonyl (C=O) groups is 1. The average molecular weight is 196 g/mol. The van der Waals surface area contributed by atoms with Gasteiger partial charge in [0.1, 0.15) is 5.56 Å². The maximum Gasteiger partial charge on any atom is 0.342 e. The van der Waals surface area contributed by atoms with Gasteiger partial charge in [-0.2, -0.15) is 0 Å². The number of aromatic amines is 1. The van der Waals surface area contributed by atoms with Gasteiger partial charge >= 0.3 is 11.7 Å². The Morgan fingerprint density at radius 1 is 1.64 bits per heavy atom. The second kappa shape index (κ2) is 3.73. The van der Waals surface area contributed by atoms with Gasteiger partial charge in [0, 0.05) is 12.7 Å². The van der Waals surface area contributed by atoms with E-state index in [2.05, 4.69) is 11.6 Å². The number of aromatic carboxylic acids is 1. The maximum atomic E-state index is 11.3. The van der Waals surface area contributed by atoms with Crippen molar-refractivity contribution in [2.75, 3.05) is 0 Å². The number of carboxylic acid groups (broad SMARTS) is 1. The van der Waals surface area contributed by atoms with Gasteiger partial charge < -0.3 is 10.1 Å². The number of hydrogen-bond acceptors (Lipinski definition) is 3. The van der Waals surface area contributed by atoms with E-state index < -0.39 is 22.8 Å². The fourth-order valence-corrected chi connectivity index (χ4v) is 0.959. The highest BCUT2D eigenvalue weighted by atomic mass is 16.4. The predicted molar refractivity (Wildman–Crippen MR) is 48.5 cm³/mol. The molecule has 14 heavy (non-hydrogen) atoms. The average Bonchev–Trinajstić information content (AvgIpc) is 2.11. The molecule has 0 saturated heterocycles. The van der Waals surface area contributed by atoms with Crippen LogP contribution in [0.15, 0.2) is 28.4 Å². The summed E-state index contributed by atoms with van der Waals surface area (Å²) in [6.07, 6.45) is 2.22. The van der Waals surface area contributed by atoms with E-state index in [1.54, 1.807) is 0 Å². The van der Waals surface area contributed by atoms with E-state index in [1.165, 1.54) is 6.08 Å². The van der Waals surface area contributed by atoms with Crippen LogP contribution in [0.5, 0.6) is 0 Å². The monoisotopic (exact) mass is 196 g/mol. The Morgan fingerprint density at radius 2 is 2.29 bits per heavy atom. The number of carboxylic acids is 1. The van der Waals surface area contributed by atoms with Crippen LogP contribution < -0.4 is 11.2 Å². The van der Waals surface area contributed by atoms with E-state index in [1.807, 2.05) is 0 Å². The summed E-state index contributed by atoms with van der Waals surface area (Å²) >= 11 is 0. The summed E-state index contributed by atoms with van der Waals surface area (Å²) in [6.45, 7) is 3.33. The van der Waals surface area contributed by atoms with Crippen LogP contribution in [0, 0.1) is 0 Å². The van der Waals surface area contributed by atoms with Crippen molar-refractivity contribution in [3.8, 4) is 0 Å². The van der Waals surface area contributed by atoms with Crippen LogP contribution in [0.2, 0.25) is 0 Å². The van der Waals surface area contributed by atoms with E-state index in [9.17, 15) is 14.4 Å². The second-order valence-electron chi connectivity index (χ2n) is 2.52. The summed E-state index contributed by atoms with van der Waals surface area (Å²) < 4.78 is 0.760. The van der Waals surface area contributed by atoms with Gasteiger partial charge in [0.25, 0.3) is 5.56 Å². The lowest BCUT2D eigenvalue weighted by Crippen LogP contribution is -2.37. The Hall–Kier alpha value is -2.11. The number of aromatic nitrogens is 2. The molecule has 0 saturated carbocycles. The molecule has 1 aromatic rings. The molecule has 0 spiro atoms. The van der Waals surface area contributed by atoms with Crippen molar-refractivity contribution in [1.29, 1.82) is 0 Å². The minimum Gasteiger partial charge on any atom is -0.477 e. The molecule has 6 nitrogen and oxygen atoms in total. The standard InChI is InChI=1S/C8H8N2O4/c1-2-3-10-6(11)5(7(12)13)4-9-8(10)14/h2,4H,1,3H2,(H,9,14)(H,12,13). The molecule has 2 N–H and O–H groups in total. The van der Waals surface area contributed by atoms with Gasteiger partial charge in [-0.1, -0.05) is 6.08 Å². The van der Waals surface area contributed by atoms with Crippen LogP contribution in [-0.2, 0) is 6.54 Å². The van der Waals surface area contributed by atoms with Crippen LogP contribution in [0.4, 0.5) is 0 Å². The third-order valence-corrected chi connectivity index (χ3v) is 1.60.